The van der Waals surface area contributed by atoms with Crippen molar-refractivity contribution < 1.29 is 33.8 Å². The maximum absolute atomic E-state index is 13.1. The summed E-state index contributed by atoms with van der Waals surface area (Å²) in [7, 11) is 0. The van der Waals surface area contributed by atoms with Crippen LogP contribution in [0.2, 0.25) is 0 Å². The summed E-state index contributed by atoms with van der Waals surface area (Å²) in [5, 5.41) is 30.1. The molecular weight excluding hydrogens is 340 g/mol. The molecule has 0 fully saturated rings. The molecule has 8 nitrogen and oxygen atoms in total. The molecule has 132 valence electrons. The number of hydroxylamine groups is 1. The first-order valence-corrected chi connectivity index (χ1v) is 6.86. The summed E-state index contributed by atoms with van der Waals surface area (Å²) in [6.45, 7) is -1.02. The monoisotopic (exact) mass is 353 g/mol. The summed E-state index contributed by atoms with van der Waals surface area (Å²) in [6.07, 6.45) is 0.914. The predicted octanol–water partition coefficient (Wildman–Crippen LogP) is 0.607. The molecule has 0 radical (unpaired) electrons. The van der Waals surface area contributed by atoms with Gasteiger partial charge in [-0.3, -0.25) is 14.8 Å². The molecule has 0 unspecified atom stereocenters. The van der Waals surface area contributed by atoms with Gasteiger partial charge in [0.05, 0.1) is 12.2 Å². The quantitative estimate of drug-likeness (QED) is 0.395. The van der Waals surface area contributed by atoms with Gasteiger partial charge in [0.15, 0.2) is 11.4 Å². The van der Waals surface area contributed by atoms with E-state index in [2.05, 4.69) is 10.3 Å². The molecule has 1 aromatic carbocycles. The Balaban J connectivity index is 2.24. The SMILES string of the molecule is O=C(NCc1cc(F)cc(F)c1)c1cnc(C(=O)NO)c(O)c1CO. The number of carbonyl (C=O) groups is 2. The molecule has 1 aromatic heterocycles. The Morgan fingerprint density at radius 3 is 2.32 bits per heavy atom. The number of nitrogens with zero attached hydrogens (tertiary/aromatic N) is 1. The van der Waals surface area contributed by atoms with Crippen molar-refractivity contribution in [1.29, 1.82) is 0 Å². The molecule has 2 rings (SSSR count). The van der Waals surface area contributed by atoms with Gasteiger partial charge in [-0.1, -0.05) is 0 Å². The van der Waals surface area contributed by atoms with Gasteiger partial charge in [-0.2, -0.15) is 0 Å². The molecule has 0 saturated carbocycles. The van der Waals surface area contributed by atoms with Crippen molar-refractivity contribution in [3.05, 3.63) is 58.4 Å². The highest BCUT2D eigenvalue weighted by Gasteiger charge is 2.22. The van der Waals surface area contributed by atoms with Crippen molar-refractivity contribution in [2.24, 2.45) is 0 Å². The normalized spacial score (nSPS) is 10.4. The van der Waals surface area contributed by atoms with Gasteiger partial charge in [0.25, 0.3) is 11.8 Å². The number of carbonyl (C=O) groups excluding carboxylic acids is 2. The predicted molar refractivity (Wildman–Crippen MR) is 78.6 cm³/mol. The Labute approximate surface area is 139 Å². The van der Waals surface area contributed by atoms with Gasteiger partial charge in [0.2, 0.25) is 0 Å². The number of benzene rings is 1. The Hall–Kier alpha value is -3.11. The number of hydrogen-bond donors (Lipinski definition) is 5. The van der Waals surface area contributed by atoms with Crippen LogP contribution in [-0.2, 0) is 13.2 Å². The lowest BCUT2D eigenvalue weighted by atomic mass is 10.1. The lowest BCUT2D eigenvalue weighted by Gasteiger charge is -2.12. The van der Waals surface area contributed by atoms with Gasteiger partial charge in [-0.25, -0.2) is 19.2 Å². The van der Waals surface area contributed by atoms with E-state index < -0.39 is 41.5 Å². The molecule has 0 saturated heterocycles. The fourth-order valence-corrected chi connectivity index (χ4v) is 2.10. The van der Waals surface area contributed by atoms with E-state index in [0.29, 0.717) is 6.07 Å². The zero-order valence-corrected chi connectivity index (χ0v) is 12.6. The van der Waals surface area contributed by atoms with Crippen LogP contribution in [0.15, 0.2) is 24.4 Å². The van der Waals surface area contributed by atoms with Crippen LogP contribution in [0, 0.1) is 11.6 Å². The van der Waals surface area contributed by atoms with Gasteiger partial charge in [0, 0.05) is 24.4 Å². The van der Waals surface area contributed by atoms with Crippen LogP contribution < -0.4 is 10.8 Å². The Kier molecular flexibility index (Phi) is 5.57. The Morgan fingerprint density at radius 2 is 1.76 bits per heavy atom. The fraction of sp³-hybridized carbons (Fsp3) is 0.133. The minimum atomic E-state index is -1.13. The van der Waals surface area contributed by atoms with E-state index in [1.807, 2.05) is 0 Å². The molecule has 25 heavy (non-hydrogen) atoms. The third-order valence-electron chi connectivity index (χ3n) is 3.25. The fourth-order valence-electron chi connectivity index (χ4n) is 2.10. The van der Waals surface area contributed by atoms with E-state index >= 15 is 0 Å². The van der Waals surface area contributed by atoms with Crippen molar-refractivity contribution in [2.75, 3.05) is 0 Å². The van der Waals surface area contributed by atoms with Crippen molar-refractivity contribution in [2.45, 2.75) is 13.2 Å². The first-order chi connectivity index (χ1) is 11.9. The molecule has 0 aliphatic rings. The second kappa shape index (κ2) is 7.64. The van der Waals surface area contributed by atoms with Crippen LogP contribution in [0.4, 0.5) is 8.78 Å². The molecule has 0 aliphatic heterocycles. The summed E-state index contributed by atoms with van der Waals surface area (Å²) in [4.78, 5) is 27.0. The summed E-state index contributed by atoms with van der Waals surface area (Å²) >= 11 is 0. The Bertz CT molecular complexity index is 809. The highest BCUT2D eigenvalue weighted by atomic mass is 19.1. The third-order valence-corrected chi connectivity index (χ3v) is 3.25. The second-order valence-corrected chi connectivity index (χ2v) is 4.91. The van der Waals surface area contributed by atoms with Crippen LogP contribution in [0.1, 0.15) is 32.0 Å². The van der Waals surface area contributed by atoms with Crippen molar-refractivity contribution >= 4 is 11.8 Å². The van der Waals surface area contributed by atoms with Crippen molar-refractivity contribution in [1.82, 2.24) is 15.8 Å². The van der Waals surface area contributed by atoms with Gasteiger partial charge in [0.1, 0.15) is 11.6 Å². The number of halogens is 2. The van der Waals surface area contributed by atoms with Crippen LogP contribution in [0.25, 0.3) is 0 Å². The number of hydrogen-bond acceptors (Lipinski definition) is 6. The average Bonchev–Trinajstić information content (AvgIpc) is 2.57. The summed E-state index contributed by atoms with van der Waals surface area (Å²) in [5.41, 5.74) is 0.295. The number of pyridine rings is 1. The largest absolute Gasteiger partial charge is 0.505 e. The summed E-state index contributed by atoms with van der Waals surface area (Å²) in [5.74, 6) is -4.32. The maximum Gasteiger partial charge on any atom is 0.297 e. The summed E-state index contributed by atoms with van der Waals surface area (Å²) < 4.78 is 26.2. The van der Waals surface area contributed by atoms with Crippen LogP contribution >= 0.6 is 0 Å². The maximum atomic E-state index is 13.1. The van der Waals surface area contributed by atoms with E-state index in [-0.39, 0.29) is 23.2 Å². The number of aromatic hydroxyl groups is 1. The third kappa shape index (κ3) is 4.05. The van der Waals surface area contributed by atoms with Crippen molar-refractivity contribution in [3.8, 4) is 5.75 Å². The molecule has 2 aromatic rings. The first-order valence-electron chi connectivity index (χ1n) is 6.86. The van der Waals surface area contributed by atoms with E-state index in [9.17, 15) is 28.6 Å². The lowest BCUT2D eigenvalue weighted by Crippen LogP contribution is -2.26. The number of amides is 2. The molecular formula is C15H13F2N3O5. The highest BCUT2D eigenvalue weighted by molar-refractivity contribution is 5.99. The molecule has 0 bridgehead atoms. The summed E-state index contributed by atoms with van der Waals surface area (Å²) in [6, 6.07) is 2.74. The topological polar surface area (TPSA) is 132 Å². The number of aliphatic hydroxyl groups excluding tert-OH is 1. The minimum absolute atomic E-state index is 0.157. The van der Waals surface area contributed by atoms with E-state index in [1.165, 1.54) is 5.48 Å². The molecule has 10 heteroatoms. The highest BCUT2D eigenvalue weighted by Crippen LogP contribution is 2.24. The van der Waals surface area contributed by atoms with E-state index in [4.69, 9.17) is 5.21 Å². The molecule has 0 aliphatic carbocycles. The smallest absolute Gasteiger partial charge is 0.297 e. The average molecular weight is 353 g/mol. The molecule has 2 amide bonds. The Morgan fingerprint density at radius 1 is 1.12 bits per heavy atom. The standard InChI is InChI=1S/C15H13F2N3O5/c16-8-1-7(2-9(17)3-8)4-19-14(23)10-5-18-12(15(24)20-25)13(22)11(10)6-21/h1-3,5,21-22,25H,4,6H2,(H,19,23)(H,20,24). The number of aromatic nitrogens is 1. The van der Waals surface area contributed by atoms with Crippen LogP contribution in [0.3, 0.4) is 0 Å². The second-order valence-electron chi connectivity index (χ2n) is 4.91. The number of rotatable bonds is 5. The van der Waals surface area contributed by atoms with Gasteiger partial charge in [-0.15, -0.1) is 0 Å². The molecule has 1 heterocycles. The zero-order valence-electron chi connectivity index (χ0n) is 12.6. The first kappa shape index (κ1) is 18.2. The van der Waals surface area contributed by atoms with Crippen LogP contribution in [0.5, 0.6) is 5.75 Å². The van der Waals surface area contributed by atoms with Gasteiger partial charge < -0.3 is 15.5 Å². The van der Waals surface area contributed by atoms with E-state index in [1.54, 1.807) is 0 Å². The molecule has 0 spiro atoms. The van der Waals surface area contributed by atoms with Crippen LogP contribution in [-0.4, -0.2) is 32.2 Å². The van der Waals surface area contributed by atoms with Gasteiger partial charge in [-0.05, 0) is 17.7 Å². The number of aliphatic hydroxyl groups is 1. The minimum Gasteiger partial charge on any atom is -0.505 e. The molecule has 5 N–H and O–H groups in total. The number of nitrogens with one attached hydrogen (secondary N) is 2. The zero-order chi connectivity index (χ0) is 18.6. The molecule has 0 atom stereocenters. The van der Waals surface area contributed by atoms with E-state index in [0.717, 1.165) is 18.3 Å². The van der Waals surface area contributed by atoms with Gasteiger partial charge >= 0.3 is 0 Å². The lowest BCUT2D eigenvalue weighted by molar-refractivity contribution is 0.0696. The van der Waals surface area contributed by atoms with Crippen molar-refractivity contribution in [3.63, 3.8) is 0 Å².